The second-order valence-electron chi connectivity index (χ2n) is 1.23. The van der Waals surface area contributed by atoms with Gasteiger partial charge in [-0.1, -0.05) is 0 Å². The van der Waals surface area contributed by atoms with Crippen molar-refractivity contribution in [3.63, 3.8) is 0 Å². The highest BCUT2D eigenvalue weighted by molar-refractivity contribution is 5.92. The lowest BCUT2D eigenvalue weighted by atomic mass is 10.9. The van der Waals surface area contributed by atoms with Crippen molar-refractivity contribution in [2.45, 2.75) is 0 Å². The van der Waals surface area contributed by atoms with Crippen LogP contribution in [-0.4, -0.2) is 19.0 Å². The molecule has 0 saturated carbocycles. The number of nitrogens with two attached hydrogens (primary N) is 3. The van der Waals surface area contributed by atoms with Gasteiger partial charge in [0.05, 0.1) is 0 Å². The Bertz CT molecular complexity index is 131. The SMILES string of the molecule is CN/N=C(\N)N=C(N)N. The van der Waals surface area contributed by atoms with Gasteiger partial charge in [0.25, 0.3) is 0 Å². The van der Waals surface area contributed by atoms with E-state index in [0.29, 0.717) is 0 Å². The molecule has 0 aliphatic rings. The van der Waals surface area contributed by atoms with Gasteiger partial charge in [-0.3, -0.25) is 0 Å². The number of nitrogens with one attached hydrogen (secondary N) is 1. The van der Waals surface area contributed by atoms with E-state index in [0.717, 1.165) is 0 Å². The van der Waals surface area contributed by atoms with Crippen molar-refractivity contribution < 1.29 is 0 Å². The Labute approximate surface area is 52.8 Å². The van der Waals surface area contributed by atoms with Crippen molar-refractivity contribution in [1.82, 2.24) is 5.43 Å². The predicted octanol–water partition coefficient (Wildman–Crippen LogP) is -2.29. The molecule has 52 valence electrons. The summed E-state index contributed by atoms with van der Waals surface area (Å²) in [6, 6.07) is 0. The van der Waals surface area contributed by atoms with Gasteiger partial charge in [-0.2, -0.15) is 4.99 Å². The molecule has 0 radical (unpaired) electrons. The normalized spacial score (nSPS) is 10.6. The fourth-order valence-corrected chi connectivity index (χ4v) is 0.272. The van der Waals surface area contributed by atoms with Crippen LogP contribution in [0.15, 0.2) is 10.1 Å². The highest BCUT2D eigenvalue weighted by atomic mass is 15.3. The average Bonchev–Trinajstić information content (AvgIpc) is 1.63. The molecule has 0 amide bonds. The Kier molecular flexibility index (Phi) is 2.96. The molecule has 0 aromatic carbocycles. The Morgan fingerprint density at radius 3 is 2.22 bits per heavy atom. The molecule has 0 rings (SSSR count). The first-order valence-electron chi connectivity index (χ1n) is 2.26. The summed E-state index contributed by atoms with van der Waals surface area (Å²) in [4.78, 5) is 3.40. The third-order valence-electron chi connectivity index (χ3n) is 0.470. The van der Waals surface area contributed by atoms with Crippen molar-refractivity contribution in [1.29, 1.82) is 0 Å². The zero-order valence-corrected chi connectivity index (χ0v) is 5.13. The molecule has 0 aromatic heterocycles. The Balaban J connectivity index is 3.90. The molecule has 6 heteroatoms. The van der Waals surface area contributed by atoms with Gasteiger partial charge in [-0.15, -0.1) is 5.10 Å². The topological polar surface area (TPSA) is 115 Å². The summed E-state index contributed by atoms with van der Waals surface area (Å²) in [5, 5.41) is 3.46. The molecule has 0 atom stereocenters. The zero-order chi connectivity index (χ0) is 7.28. The molecule has 6 nitrogen and oxygen atoms in total. The van der Waals surface area contributed by atoms with Crippen molar-refractivity contribution >= 4 is 11.9 Å². The van der Waals surface area contributed by atoms with Gasteiger partial charge in [-0.25, -0.2) is 0 Å². The molecule has 0 aliphatic carbocycles. The van der Waals surface area contributed by atoms with Crippen LogP contribution in [0.4, 0.5) is 0 Å². The fourth-order valence-electron chi connectivity index (χ4n) is 0.272. The minimum atomic E-state index is -0.105. The van der Waals surface area contributed by atoms with Crippen LogP contribution in [0.25, 0.3) is 0 Å². The summed E-state index contributed by atoms with van der Waals surface area (Å²) in [6.45, 7) is 0. The number of aliphatic imine (C=N–C) groups is 1. The monoisotopic (exact) mass is 130 g/mol. The highest BCUT2D eigenvalue weighted by Crippen LogP contribution is 1.64. The smallest absolute Gasteiger partial charge is 0.240 e. The first-order chi connectivity index (χ1) is 4.16. The molecule has 7 N–H and O–H groups in total. The summed E-state index contributed by atoms with van der Waals surface area (Å²) in [7, 11) is 1.59. The molecule has 0 unspecified atom stereocenters. The van der Waals surface area contributed by atoms with Crippen LogP contribution in [0.5, 0.6) is 0 Å². The van der Waals surface area contributed by atoms with E-state index in [1.54, 1.807) is 7.05 Å². The van der Waals surface area contributed by atoms with Gasteiger partial charge in [0.15, 0.2) is 5.96 Å². The first kappa shape index (κ1) is 7.54. The quantitative estimate of drug-likeness (QED) is 0.181. The summed E-state index contributed by atoms with van der Waals surface area (Å²) in [6.07, 6.45) is 0. The van der Waals surface area contributed by atoms with Crippen molar-refractivity contribution in [2.24, 2.45) is 27.3 Å². The van der Waals surface area contributed by atoms with E-state index in [2.05, 4.69) is 15.5 Å². The first-order valence-corrected chi connectivity index (χ1v) is 2.26. The van der Waals surface area contributed by atoms with Crippen molar-refractivity contribution in [3.05, 3.63) is 0 Å². The van der Waals surface area contributed by atoms with Gasteiger partial charge in [0, 0.05) is 7.05 Å². The predicted molar refractivity (Wildman–Crippen MR) is 36.5 cm³/mol. The van der Waals surface area contributed by atoms with Crippen LogP contribution in [0.1, 0.15) is 0 Å². The Morgan fingerprint density at radius 2 is 1.89 bits per heavy atom. The largest absolute Gasteiger partial charge is 0.370 e. The average molecular weight is 130 g/mol. The molecule has 0 bridgehead atoms. The van der Waals surface area contributed by atoms with Gasteiger partial charge in [0.2, 0.25) is 5.96 Å². The van der Waals surface area contributed by atoms with Gasteiger partial charge in [-0.05, 0) is 0 Å². The maximum absolute atomic E-state index is 5.13. The Hall–Kier alpha value is -1.46. The van der Waals surface area contributed by atoms with E-state index in [-0.39, 0.29) is 11.9 Å². The number of nitrogens with zero attached hydrogens (tertiary/aromatic N) is 2. The standard InChI is InChI=1S/C3H10N6/c1-7-9-3(6)8-2(4)5/h7H,1H3,(H6,4,5,6,8,9). The van der Waals surface area contributed by atoms with E-state index >= 15 is 0 Å². The molecule has 0 heterocycles. The van der Waals surface area contributed by atoms with Crippen LogP contribution in [0.3, 0.4) is 0 Å². The van der Waals surface area contributed by atoms with Gasteiger partial charge >= 0.3 is 0 Å². The van der Waals surface area contributed by atoms with Crippen LogP contribution < -0.4 is 22.6 Å². The van der Waals surface area contributed by atoms with Crippen molar-refractivity contribution in [2.75, 3.05) is 7.05 Å². The molecular formula is C3H10N6. The zero-order valence-electron chi connectivity index (χ0n) is 5.13. The molecule has 0 aliphatic heterocycles. The second kappa shape index (κ2) is 3.53. The molecule has 0 fully saturated rings. The molecular weight excluding hydrogens is 120 g/mol. The number of rotatable bonds is 1. The maximum Gasteiger partial charge on any atom is 0.240 e. The molecule has 9 heavy (non-hydrogen) atoms. The summed E-state index contributed by atoms with van der Waals surface area (Å²) < 4.78 is 0. The van der Waals surface area contributed by atoms with Crippen molar-refractivity contribution in [3.8, 4) is 0 Å². The van der Waals surface area contributed by atoms with Gasteiger partial charge < -0.3 is 22.6 Å². The van der Waals surface area contributed by atoms with Crippen LogP contribution >= 0.6 is 0 Å². The fraction of sp³-hybridized carbons (Fsp3) is 0.333. The minimum Gasteiger partial charge on any atom is -0.370 e. The van der Waals surface area contributed by atoms with Crippen LogP contribution in [-0.2, 0) is 0 Å². The van der Waals surface area contributed by atoms with E-state index in [1.165, 1.54) is 0 Å². The highest BCUT2D eigenvalue weighted by Gasteiger charge is 1.83. The molecule has 0 spiro atoms. The van der Waals surface area contributed by atoms with E-state index in [9.17, 15) is 0 Å². The lowest BCUT2D eigenvalue weighted by molar-refractivity contribution is 0.893. The number of guanidine groups is 2. The van der Waals surface area contributed by atoms with E-state index < -0.39 is 0 Å². The lowest BCUT2D eigenvalue weighted by Gasteiger charge is -1.91. The molecule has 0 aromatic rings. The van der Waals surface area contributed by atoms with Crippen LogP contribution in [0.2, 0.25) is 0 Å². The van der Waals surface area contributed by atoms with E-state index in [4.69, 9.17) is 17.2 Å². The minimum absolute atomic E-state index is 0.0116. The summed E-state index contributed by atoms with van der Waals surface area (Å²) in [5.74, 6) is -0.0935. The number of hydrogen-bond acceptors (Lipinski definition) is 2. The third kappa shape index (κ3) is 4.39. The maximum atomic E-state index is 5.13. The van der Waals surface area contributed by atoms with Gasteiger partial charge in [0.1, 0.15) is 0 Å². The second-order valence-corrected chi connectivity index (χ2v) is 1.23. The molecule has 0 saturated heterocycles. The lowest BCUT2D eigenvalue weighted by Crippen LogP contribution is -2.27. The number of hydrazone groups is 1. The van der Waals surface area contributed by atoms with E-state index in [1.807, 2.05) is 0 Å². The summed E-state index contributed by atoms with van der Waals surface area (Å²) in [5.41, 5.74) is 17.5. The van der Waals surface area contributed by atoms with Crippen LogP contribution in [0, 0.1) is 0 Å². The number of hydrogen-bond donors (Lipinski definition) is 4. The third-order valence-corrected chi connectivity index (χ3v) is 0.470. The summed E-state index contributed by atoms with van der Waals surface area (Å²) >= 11 is 0. The Morgan fingerprint density at radius 1 is 1.33 bits per heavy atom.